The van der Waals surface area contributed by atoms with Crippen LogP contribution in [0.2, 0.25) is 0 Å². The molecule has 0 fully saturated rings. The molecule has 0 bridgehead atoms. The maximum Gasteiger partial charge on any atom is 0.308 e. The van der Waals surface area contributed by atoms with Crippen molar-refractivity contribution in [1.82, 2.24) is 0 Å². The minimum Gasteiger partial charge on any atom is -0.425 e. The lowest BCUT2D eigenvalue weighted by molar-refractivity contribution is -0.131. The second kappa shape index (κ2) is 3.69. The van der Waals surface area contributed by atoms with E-state index in [0.717, 1.165) is 7.57 Å². The Morgan fingerprint density at radius 3 is 2.64 bits per heavy atom. The highest BCUT2D eigenvalue weighted by atomic mass is 79.9. The number of ether oxygens (including phenoxy) is 1. The highest BCUT2D eigenvalue weighted by molar-refractivity contribution is 9.12. The Balaban J connectivity index is 2.85. The molecule has 1 aromatic rings. The van der Waals surface area contributed by atoms with Gasteiger partial charge >= 0.3 is 5.97 Å². The molecule has 0 saturated heterocycles. The van der Waals surface area contributed by atoms with Gasteiger partial charge in [0.25, 0.3) is 0 Å². The number of rotatable bonds is 1. The Bertz CT molecular complexity index is 282. The Kier molecular flexibility index (Phi) is 3.09. The van der Waals surface area contributed by atoms with Crippen molar-refractivity contribution >= 4 is 49.2 Å². The number of carbonyl (C=O) groups is 1. The Hall–Kier alpha value is 0.130. The third-order valence-electron chi connectivity index (χ3n) is 0.879. The monoisotopic (exact) mass is 298 g/mol. The standard InChI is InChI=1S/C6H4Br2O2S/c1-3(9)10-4-2-5(7)11-6(4)8/h2H,1H3. The van der Waals surface area contributed by atoms with E-state index in [4.69, 9.17) is 4.74 Å². The molecule has 0 radical (unpaired) electrons. The number of hydrogen-bond donors (Lipinski definition) is 0. The lowest BCUT2D eigenvalue weighted by Crippen LogP contribution is -2.00. The molecule has 0 unspecified atom stereocenters. The summed E-state index contributed by atoms with van der Waals surface area (Å²) in [6.45, 7) is 1.37. The summed E-state index contributed by atoms with van der Waals surface area (Å²) in [7, 11) is 0. The Morgan fingerprint density at radius 2 is 2.27 bits per heavy atom. The molecule has 0 aliphatic carbocycles. The van der Waals surface area contributed by atoms with E-state index in [9.17, 15) is 4.79 Å². The van der Waals surface area contributed by atoms with Crippen LogP contribution >= 0.6 is 43.2 Å². The van der Waals surface area contributed by atoms with Crippen molar-refractivity contribution in [3.63, 3.8) is 0 Å². The van der Waals surface area contributed by atoms with E-state index in [0.29, 0.717) is 5.75 Å². The van der Waals surface area contributed by atoms with Crippen molar-refractivity contribution in [3.05, 3.63) is 13.6 Å². The number of thiophene rings is 1. The molecule has 0 N–H and O–H groups in total. The molecule has 0 aliphatic rings. The van der Waals surface area contributed by atoms with Gasteiger partial charge in [-0.2, -0.15) is 0 Å². The van der Waals surface area contributed by atoms with Gasteiger partial charge in [-0.05, 0) is 31.9 Å². The van der Waals surface area contributed by atoms with Crippen LogP contribution < -0.4 is 4.74 Å². The van der Waals surface area contributed by atoms with Gasteiger partial charge in [0.1, 0.15) is 3.79 Å². The Labute approximate surface area is 84.8 Å². The fraction of sp³-hybridized carbons (Fsp3) is 0.167. The van der Waals surface area contributed by atoms with Crippen molar-refractivity contribution in [2.45, 2.75) is 6.92 Å². The largest absolute Gasteiger partial charge is 0.425 e. The van der Waals surface area contributed by atoms with Crippen molar-refractivity contribution in [2.24, 2.45) is 0 Å². The minimum atomic E-state index is -0.309. The second-order valence-electron chi connectivity index (χ2n) is 1.78. The normalized spacial score (nSPS) is 9.73. The third-order valence-corrected chi connectivity index (χ3v) is 3.16. The van der Waals surface area contributed by atoms with Crippen LogP contribution in [0.25, 0.3) is 0 Å². The van der Waals surface area contributed by atoms with Crippen LogP contribution in [0.1, 0.15) is 6.92 Å². The summed E-state index contributed by atoms with van der Waals surface area (Å²) >= 11 is 7.99. The zero-order valence-corrected chi connectivity index (χ0v) is 9.55. The van der Waals surface area contributed by atoms with Gasteiger partial charge in [0, 0.05) is 13.0 Å². The van der Waals surface area contributed by atoms with E-state index in [2.05, 4.69) is 31.9 Å². The maximum absolute atomic E-state index is 10.5. The average molecular weight is 300 g/mol. The van der Waals surface area contributed by atoms with Gasteiger partial charge in [-0.25, -0.2) is 0 Å². The van der Waals surface area contributed by atoms with E-state index >= 15 is 0 Å². The van der Waals surface area contributed by atoms with Crippen LogP contribution in [-0.4, -0.2) is 5.97 Å². The van der Waals surface area contributed by atoms with Gasteiger partial charge in [0.05, 0.1) is 3.79 Å². The molecule has 11 heavy (non-hydrogen) atoms. The summed E-state index contributed by atoms with van der Waals surface area (Å²) in [4.78, 5) is 10.5. The van der Waals surface area contributed by atoms with E-state index < -0.39 is 0 Å². The molecule has 1 rings (SSSR count). The molecule has 0 aromatic carbocycles. The van der Waals surface area contributed by atoms with Crippen LogP contribution in [0.3, 0.4) is 0 Å². The first-order valence-corrected chi connectivity index (χ1v) is 5.13. The highest BCUT2D eigenvalue weighted by Crippen LogP contribution is 2.37. The van der Waals surface area contributed by atoms with E-state index in [1.54, 1.807) is 6.07 Å². The molecular formula is C6H4Br2O2S. The third kappa shape index (κ3) is 2.57. The maximum atomic E-state index is 10.5. The van der Waals surface area contributed by atoms with Gasteiger partial charge in [-0.1, -0.05) is 0 Å². The quantitative estimate of drug-likeness (QED) is 0.745. The average Bonchev–Trinajstić information content (AvgIpc) is 2.09. The molecule has 1 heterocycles. The summed E-state index contributed by atoms with van der Waals surface area (Å²) in [6.07, 6.45) is 0. The van der Waals surface area contributed by atoms with Gasteiger partial charge in [-0.3, -0.25) is 4.79 Å². The summed E-state index contributed by atoms with van der Waals surface area (Å²) in [5.74, 6) is 0.255. The van der Waals surface area contributed by atoms with Crippen LogP contribution in [0.4, 0.5) is 0 Å². The zero-order valence-electron chi connectivity index (χ0n) is 5.56. The lowest BCUT2D eigenvalue weighted by Gasteiger charge is -1.95. The first-order chi connectivity index (χ1) is 5.09. The lowest BCUT2D eigenvalue weighted by atomic mass is 10.6. The smallest absolute Gasteiger partial charge is 0.308 e. The van der Waals surface area contributed by atoms with E-state index in [1.807, 2.05) is 0 Å². The molecule has 0 spiro atoms. The number of halogens is 2. The molecule has 2 nitrogen and oxygen atoms in total. The van der Waals surface area contributed by atoms with Crippen molar-refractivity contribution in [3.8, 4) is 5.75 Å². The molecular weight excluding hydrogens is 296 g/mol. The van der Waals surface area contributed by atoms with Gasteiger partial charge in [0.2, 0.25) is 0 Å². The molecule has 60 valence electrons. The predicted octanol–water partition coefficient (Wildman–Crippen LogP) is 3.20. The molecule has 0 amide bonds. The number of carbonyl (C=O) groups excluding carboxylic acids is 1. The predicted molar refractivity (Wildman–Crippen MR) is 51.0 cm³/mol. The van der Waals surface area contributed by atoms with Crippen LogP contribution in [0, 0.1) is 0 Å². The first-order valence-electron chi connectivity index (χ1n) is 2.73. The van der Waals surface area contributed by atoms with E-state index in [-0.39, 0.29) is 5.97 Å². The number of hydrogen-bond acceptors (Lipinski definition) is 3. The number of esters is 1. The summed E-state index contributed by atoms with van der Waals surface area (Å²) < 4.78 is 6.61. The van der Waals surface area contributed by atoms with Crippen molar-refractivity contribution in [2.75, 3.05) is 0 Å². The summed E-state index contributed by atoms with van der Waals surface area (Å²) in [6, 6.07) is 1.75. The molecule has 0 atom stereocenters. The van der Waals surface area contributed by atoms with Gasteiger partial charge in [-0.15, -0.1) is 11.3 Å². The van der Waals surface area contributed by atoms with Crippen molar-refractivity contribution in [1.29, 1.82) is 0 Å². The zero-order chi connectivity index (χ0) is 8.43. The minimum absolute atomic E-state index is 0.309. The molecule has 0 saturated carbocycles. The topological polar surface area (TPSA) is 26.3 Å². The van der Waals surface area contributed by atoms with E-state index in [1.165, 1.54) is 18.3 Å². The highest BCUT2D eigenvalue weighted by Gasteiger charge is 2.07. The summed E-state index contributed by atoms with van der Waals surface area (Å²) in [5.41, 5.74) is 0. The van der Waals surface area contributed by atoms with Crippen LogP contribution in [0.15, 0.2) is 13.6 Å². The van der Waals surface area contributed by atoms with Gasteiger partial charge < -0.3 is 4.74 Å². The molecule has 0 aliphatic heterocycles. The SMILES string of the molecule is CC(=O)Oc1cc(Br)sc1Br. The first kappa shape index (κ1) is 9.22. The Morgan fingerprint density at radius 1 is 1.64 bits per heavy atom. The molecule has 1 aromatic heterocycles. The van der Waals surface area contributed by atoms with Crippen molar-refractivity contribution < 1.29 is 9.53 Å². The fourth-order valence-corrected chi connectivity index (χ4v) is 3.15. The van der Waals surface area contributed by atoms with Crippen LogP contribution in [0.5, 0.6) is 5.75 Å². The summed E-state index contributed by atoms with van der Waals surface area (Å²) in [5, 5.41) is 0. The second-order valence-corrected chi connectivity index (χ2v) is 5.53. The van der Waals surface area contributed by atoms with Gasteiger partial charge in [0.15, 0.2) is 5.75 Å². The molecule has 5 heteroatoms. The fourth-order valence-electron chi connectivity index (χ4n) is 0.550. The van der Waals surface area contributed by atoms with Crippen LogP contribution in [-0.2, 0) is 4.79 Å².